The van der Waals surface area contributed by atoms with Crippen molar-refractivity contribution in [3.05, 3.63) is 12.2 Å². The molecule has 2 bridgehead atoms. The molecule has 0 aromatic rings. The summed E-state index contributed by atoms with van der Waals surface area (Å²) in [4.78, 5) is 24.5. The minimum absolute atomic E-state index is 0.312. The molecule has 0 saturated carbocycles. The smallest absolute Gasteiger partial charge is 0.313 e. The largest absolute Gasteiger partial charge is 0.465 e. The van der Waals surface area contributed by atoms with Gasteiger partial charge in [0.2, 0.25) is 0 Å². The standard InChI is InChI=1S/C14H16O5/c15-11-9-10-12(16)18-8-2-4-14(10)6-5-13(9,19-14)3-1-7-17-11/h5-6,9-10H,1-4,7-8H2/t9-,10-,13-,14+/m1/s1. The number of carbonyl (C=O) groups excluding carboxylic acids is 2. The Morgan fingerprint density at radius 2 is 1.37 bits per heavy atom. The Hall–Kier alpha value is -1.36. The van der Waals surface area contributed by atoms with Crippen LogP contribution in [0, 0.1) is 11.8 Å². The molecular weight excluding hydrogens is 248 g/mol. The van der Waals surface area contributed by atoms with Gasteiger partial charge in [-0.25, -0.2) is 0 Å². The van der Waals surface area contributed by atoms with Gasteiger partial charge in [0.05, 0.1) is 13.2 Å². The van der Waals surface area contributed by atoms with Crippen LogP contribution in [0.25, 0.3) is 0 Å². The Bertz CT molecular complexity index is 442. The fourth-order valence-electron chi connectivity index (χ4n) is 4.08. The van der Waals surface area contributed by atoms with Crippen LogP contribution in [0.5, 0.6) is 0 Å². The van der Waals surface area contributed by atoms with Crippen molar-refractivity contribution in [2.75, 3.05) is 13.2 Å². The van der Waals surface area contributed by atoms with E-state index < -0.39 is 23.0 Å². The number of fused-ring (bicyclic) bond motifs is 1. The summed E-state index contributed by atoms with van der Waals surface area (Å²) in [6.07, 6.45) is 6.96. The van der Waals surface area contributed by atoms with E-state index in [0.717, 1.165) is 25.7 Å². The molecule has 4 aliphatic rings. The molecule has 0 radical (unpaired) electrons. The molecule has 4 heterocycles. The quantitative estimate of drug-likeness (QED) is 0.482. The Morgan fingerprint density at radius 1 is 0.895 bits per heavy atom. The van der Waals surface area contributed by atoms with Crippen molar-refractivity contribution in [1.82, 2.24) is 0 Å². The van der Waals surface area contributed by atoms with Crippen molar-refractivity contribution in [1.29, 1.82) is 0 Å². The van der Waals surface area contributed by atoms with Crippen LogP contribution < -0.4 is 0 Å². The van der Waals surface area contributed by atoms with Crippen LogP contribution in [0.2, 0.25) is 0 Å². The van der Waals surface area contributed by atoms with Gasteiger partial charge in [0.1, 0.15) is 23.0 Å². The van der Waals surface area contributed by atoms with Crippen LogP contribution in [-0.4, -0.2) is 36.4 Å². The third-order valence-corrected chi connectivity index (χ3v) is 4.83. The molecule has 3 saturated heterocycles. The zero-order valence-corrected chi connectivity index (χ0v) is 10.6. The molecule has 0 N–H and O–H groups in total. The Morgan fingerprint density at radius 3 is 1.84 bits per heavy atom. The molecule has 3 fully saturated rings. The monoisotopic (exact) mass is 264 g/mol. The summed E-state index contributed by atoms with van der Waals surface area (Å²) in [6, 6.07) is 0. The van der Waals surface area contributed by atoms with Crippen LogP contribution in [0.15, 0.2) is 12.2 Å². The first kappa shape index (κ1) is 11.5. The van der Waals surface area contributed by atoms with Crippen molar-refractivity contribution >= 4 is 11.9 Å². The van der Waals surface area contributed by atoms with Gasteiger partial charge in [0.15, 0.2) is 0 Å². The topological polar surface area (TPSA) is 61.8 Å². The summed E-state index contributed by atoms with van der Waals surface area (Å²) in [6.45, 7) is 0.812. The zero-order chi connectivity index (χ0) is 13.1. The molecule has 19 heavy (non-hydrogen) atoms. The third-order valence-electron chi connectivity index (χ3n) is 4.83. The van der Waals surface area contributed by atoms with Gasteiger partial charge >= 0.3 is 11.9 Å². The summed E-state index contributed by atoms with van der Waals surface area (Å²) in [7, 11) is 0. The van der Waals surface area contributed by atoms with E-state index in [-0.39, 0.29) is 11.9 Å². The molecule has 2 spiro atoms. The number of rotatable bonds is 0. The Labute approximate surface area is 110 Å². The Kier molecular flexibility index (Phi) is 2.17. The highest BCUT2D eigenvalue weighted by Crippen LogP contribution is 2.59. The van der Waals surface area contributed by atoms with Gasteiger partial charge in [-0.05, 0) is 25.7 Å². The van der Waals surface area contributed by atoms with E-state index >= 15 is 0 Å². The molecule has 5 nitrogen and oxygen atoms in total. The molecule has 0 aliphatic carbocycles. The zero-order valence-electron chi connectivity index (χ0n) is 10.6. The number of hydrogen-bond acceptors (Lipinski definition) is 5. The second-order valence-electron chi connectivity index (χ2n) is 5.84. The summed E-state index contributed by atoms with van der Waals surface area (Å²) >= 11 is 0. The fourth-order valence-corrected chi connectivity index (χ4v) is 4.08. The molecule has 102 valence electrons. The van der Waals surface area contributed by atoms with Crippen molar-refractivity contribution < 1.29 is 23.8 Å². The van der Waals surface area contributed by atoms with E-state index in [9.17, 15) is 9.59 Å². The van der Waals surface area contributed by atoms with Gasteiger partial charge in [-0.3, -0.25) is 9.59 Å². The van der Waals surface area contributed by atoms with Gasteiger partial charge in [-0.1, -0.05) is 12.2 Å². The predicted molar refractivity (Wildman–Crippen MR) is 63.1 cm³/mol. The van der Waals surface area contributed by atoms with Gasteiger partial charge in [-0.2, -0.15) is 0 Å². The van der Waals surface area contributed by atoms with E-state index in [1.807, 2.05) is 12.2 Å². The van der Waals surface area contributed by atoms with Crippen LogP contribution in [-0.2, 0) is 23.8 Å². The lowest BCUT2D eigenvalue weighted by molar-refractivity contribution is -0.159. The molecule has 4 atom stereocenters. The maximum absolute atomic E-state index is 12.2. The van der Waals surface area contributed by atoms with E-state index in [4.69, 9.17) is 14.2 Å². The highest BCUT2D eigenvalue weighted by Gasteiger charge is 2.70. The molecule has 0 unspecified atom stereocenters. The average molecular weight is 264 g/mol. The minimum atomic E-state index is -0.644. The third kappa shape index (κ3) is 1.34. The first-order chi connectivity index (χ1) is 9.17. The van der Waals surface area contributed by atoms with Crippen molar-refractivity contribution in [2.45, 2.75) is 36.9 Å². The van der Waals surface area contributed by atoms with Crippen molar-refractivity contribution in [2.24, 2.45) is 11.8 Å². The molecule has 5 heteroatoms. The second kappa shape index (κ2) is 3.60. The molecule has 0 aromatic heterocycles. The summed E-state index contributed by atoms with van der Waals surface area (Å²) in [5.74, 6) is -1.70. The second-order valence-corrected chi connectivity index (χ2v) is 5.84. The number of ether oxygens (including phenoxy) is 3. The molecule has 0 amide bonds. The molecular formula is C14H16O5. The lowest BCUT2D eigenvalue weighted by atomic mass is 9.68. The van der Waals surface area contributed by atoms with E-state index in [2.05, 4.69) is 0 Å². The maximum atomic E-state index is 12.2. The van der Waals surface area contributed by atoms with Crippen LogP contribution in [0.1, 0.15) is 25.7 Å². The lowest BCUT2D eigenvalue weighted by Crippen LogP contribution is -2.45. The van der Waals surface area contributed by atoms with Crippen molar-refractivity contribution in [3.63, 3.8) is 0 Å². The van der Waals surface area contributed by atoms with Crippen LogP contribution in [0.4, 0.5) is 0 Å². The van der Waals surface area contributed by atoms with Gasteiger partial charge < -0.3 is 14.2 Å². The Balaban J connectivity index is 1.84. The highest BCUT2D eigenvalue weighted by atomic mass is 16.6. The number of esters is 2. The summed E-state index contributed by atoms with van der Waals surface area (Å²) in [5, 5.41) is 0. The average Bonchev–Trinajstić information content (AvgIpc) is 2.78. The maximum Gasteiger partial charge on any atom is 0.313 e. The van der Waals surface area contributed by atoms with E-state index in [1.165, 1.54) is 0 Å². The van der Waals surface area contributed by atoms with Crippen LogP contribution in [0.3, 0.4) is 0 Å². The normalized spacial score (nSPS) is 47.8. The molecule has 4 aliphatic heterocycles. The SMILES string of the molecule is O=C1OCCC[C@]23C=C[C@@]4(CCCOC(=O)[C@H]4[C@H]12)O3. The molecule has 4 rings (SSSR count). The number of cyclic esters (lactones) is 2. The lowest BCUT2D eigenvalue weighted by Gasteiger charge is -2.29. The van der Waals surface area contributed by atoms with E-state index in [0.29, 0.717) is 13.2 Å². The summed E-state index contributed by atoms with van der Waals surface area (Å²) in [5.41, 5.74) is -1.29. The fraction of sp³-hybridized carbons (Fsp3) is 0.714. The number of hydrogen-bond donors (Lipinski definition) is 0. The first-order valence-corrected chi connectivity index (χ1v) is 6.91. The number of carbonyl (C=O) groups is 2. The highest BCUT2D eigenvalue weighted by molar-refractivity contribution is 5.87. The van der Waals surface area contributed by atoms with E-state index in [1.54, 1.807) is 0 Å². The van der Waals surface area contributed by atoms with Crippen LogP contribution >= 0.6 is 0 Å². The van der Waals surface area contributed by atoms with Gasteiger partial charge in [0.25, 0.3) is 0 Å². The van der Waals surface area contributed by atoms with Gasteiger partial charge in [-0.15, -0.1) is 0 Å². The minimum Gasteiger partial charge on any atom is -0.465 e. The molecule has 0 aromatic carbocycles. The predicted octanol–water partition coefficient (Wildman–Crippen LogP) is 0.970. The first-order valence-electron chi connectivity index (χ1n) is 6.91. The van der Waals surface area contributed by atoms with Crippen molar-refractivity contribution in [3.8, 4) is 0 Å². The van der Waals surface area contributed by atoms with Gasteiger partial charge in [0, 0.05) is 0 Å². The summed E-state index contributed by atoms with van der Waals surface area (Å²) < 4.78 is 16.7.